The number of methoxy groups -OCH3 is 2. The number of para-hydroxylation sites is 1. The molecule has 0 radical (unpaired) electrons. The number of carbonyl (C=O) groups is 1. The van der Waals surface area contributed by atoms with E-state index in [2.05, 4.69) is 10.6 Å². The highest BCUT2D eigenvalue weighted by atomic mass is 16.5. The molecule has 1 aliphatic heterocycles. The summed E-state index contributed by atoms with van der Waals surface area (Å²) >= 11 is 0. The summed E-state index contributed by atoms with van der Waals surface area (Å²) < 4.78 is 12.9. The molecule has 182 valence electrons. The average Bonchev–Trinajstić information content (AvgIpc) is 3.32. The second-order valence-corrected chi connectivity index (χ2v) is 8.56. The van der Waals surface area contributed by atoms with Crippen molar-refractivity contribution < 1.29 is 14.3 Å². The first-order chi connectivity index (χ1) is 17.5. The number of allylic oxidation sites excluding steroid dienone is 1. The van der Waals surface area contributed by atoms with Crippen molar-refractivity contribution in [3.8, 4) is 22.9 Å². The molecule has 1 amide bonds. The maximum absolute atomic E-state index is 13.7. The third kappa shape index (κ3) is 4.29. The highest BCUT2D eigenvalue weighted by molar-refractivity contribution is 6.06. The van der Waals surface area contributed by atoms with E-state index in [0.717, 1.165) is 16.7 Å². The molecule has 0 aliphatic carbocycles. The van der Waals surface area contributed by atoms with Gasteiger partial charge in [0.2, 0.25) is 5.95 Å². The second-order valence-electron chi connectivity index (χ2n) is 8.56. The van der Waals surface area contributed by atoms with Crippen LogP contribution in [0, 0.1) is 6.92 Å². The predicted molar refractivity (Wildman–Crippen MR) is 139 cm³/mol. The van der Waals surface area contributed by atoms with Gasteiger partial charge in [-0.2, -0.15) is 4.98 Å². The predicted octanol–water partition coefficient (Wildman–Crippen LogP) is 5.20. The lowest BCUT2D eigenvalue weighted by molar-refractivity contribution is -0.113. The first-order valence-corrected chi connectivity index (χ1v) is 11.6. The highest BCUT2D eigenvalue weighted by Crippen LogP contribution is 2.41. The Kier molecular flexibility index (Phi) is 6.16. The molecule has 5 rings (SSSR count). The molecule has 0 bridgehead atoms. The molecule has 1 aliphatic rings. The van der Waals surface area contributed by atoms with Crippen LogP contribution >= 0.6 is 0 Å². The maximum atomic E-state index is 13.7. The Bertz CT molecular complexity index is 1440. The number of nitrogens with zero attached hydrogens (tertiary/aromatic N) is 3. The number of nitrogens with one attached hydrogen (secondary N) is 2. The first-order valence-electron chi connectivity index (χ1n) is 11.6. The Morgan fingerprint density at radius 1 is 0.972 bits per heavy atom. The SMILES string of the molecule is COc1ccc(C2C(C(=O)Nc3ccccc3)=C(C)Nc3nc(-c4ccc(C)cc4)nn32)c(OC)c1. The molecule has 1 unspecified atom stereocenters. The van der Waals surface area contributed by atoms with Crippen molar-refractivity contribution in [1.82, 2.24) is 14.8 Å². The fraction of sp³-hybridized carbons (Fsp3) is 0.179. The first kappa shape index (κ1) is 23.2. The summed E-state index contributed by atoms with van der Waals surface area (Å²) in [5, 5.41) is 11.1. The number of benzene rings is 3. The van der Waals surface area contributed by atoms with E-state index in [1.54, 1.807) is 25.0 Å². The molecule has 1 aromatic heterocycles. The monoisotopic (exact) mass is 481 g/mol. The molecule has 0 spiro atoms. The normalized spacial score (nSPS) is 14.6. The van der Waals surface area contributed by atoms with Crippen LogP contribution in [-0.4, -0.2) is 34.9 Å². The molecule has 0 fully saturated rings. The minimum absolute atomic E-state index is 0.243. The minimum atomic E-state index is -0.586. The van der Waals surface area contributed by atoms with Crippen LogP contribution < -0.4 is 20.1 Å². The number of carbonyl (C=O) groups excluding carboxylic acids is 1. The number of aryl methyl sites for hydroxylation is 1. The van der Waals surface area contributed by atoms with Gasteiger partial charge in [0.05, 0.1) is 19.8 Å². The lowest BCUT2D eigenvalue weighted by atomic mass is 9.94. The molecule has 0 saturated heterocycles. The van der Waals surface area contributed by atoms with Gasteiger partial charge in [-0.3, -0.25) is 4.79 Å². The van der Waals surface area contributed by atoms with Gasteiger partial charge >= 0.3 is 0 Å². The van der Waals surface area contributed by atoms with Gasteiger partial charge in [-0.05, 0) is 38.1 Å². The highest BCUT2D eigenvalue weighted by Gasteiger charge is 2.36. The number of aromatic nitrogens is 3. The van der Waals surface area contributed by atoms with Gasteiger partial charge in [0.15, 0.2) is 5.82 Å². The van der Waals surface area contributed by atoms with E-state index < -0.39 is 6.04 Å². The topological polar surface area (TPSA) is 90.3 Å². The fourth-order valence-electron chi connectivity index (χ4n) is 4.32. The Labute approximate surface area is 209 Å². The molecule has 2 heterocycles. The lowest BCUT2D eigenvalue weighted by Gasteiger charge is -2.29. The third-order valence-corrected chi connectivity index (χ3v) is 6.17. The van der Waals surface area contributed by atoms with Gasteiger partial charge in [-0.25, -0.2) is 4.68 Å². The maximum Gasteiger partial charge on any atom is 0.255 e. The van der Waals surface area contributed by atoms with Crippen molar-refractivity contribution in [2.45, 2.75) is 19.9 Å². The molecule has 2 N–H and O–H groups in total. The molecule has 3 aromatic carbocycles. The average molecular weight is 482 g/mol. The fourth-order valence-corrected chi connectivity index (χ4v) is 4.32. The van der Waals surface area contributed by atoms with Crippen molar-refractivity contribution in [2.75, 3.05) is 24.9 Å². The summed E-state index contributed by atoms with van der Waals surface area (Å²) in [7, 11) is 3.20. The lowest BCUT2D eigenvalue weighted by Crippen LogP contribution is -2.31. The summed E-state index contributed by atoms with van der Waals surface area (Å²) in [4.78, 5) is 18.4. The minimum Gasteiger partial charge on any atom is -0.497 e. The van der Waals surface area contributed by atoms with Gasteiger partial charge < -0.3 is 20.1 Å². The van der Waals surface area contributed by atoms with Gasteiger partial charge in [0.1, 0.15) is 17.5 Å². The molecule has 0 saturated carbocycles. The zero-order valence-electron chi connectivity index (χ0n) is 20.6. The summed E-state index contributed by atoms with van der Waals surface area (Å²) in [5.41, 5.74) is 4.69. The van der Waals surface area contributed by atoms with E-state index in [0.29, 0.717) is 40.2 Å². The van der Waals surface area contributed by atoms with Crippen LogP contribution in [0.3, 0.4) is 0 Å². The van der Waals surface area contributed by atoms with Gasteiger partial charge in [0, 0.05) is 28.6 Å². The third-order valence-electron chi connectivity index (χ3n) is 6.17. The van der Waals surface area contributed by atoms with E-state index in [4.69, 9.17) is 19.6 Å². The molecular weight excluding hydrogens is 454 g/mol. The second kappa shape index (κ2) is 9.58. The summed E-state index contributed by atoms with van der Waals surface area (Å²) in [6.45, 7) is 3.90. The number of ether oxygens (including phenoxy) is 2. The van der Waals surface area contributed by atoms with Crippen LogP contribution in [0.1, 0.15) is 24.1 Å². The standard InChI is InChI=1S/C28H27N5O3/c1-17-10-12-19(13-11-17)26-31-28-29-18(2)24(27(34)30-20-8-6-5-7-9-20)25(33(28)32-26)22-15-14-21(35-3)16-23(22)36-4/h5-16,25H,1-4H3,(H,30,34)(H,29,31,32). The molecule has 8 heteroatoms. The van der Waals surface area contributed by atoms with Crippen molar-refractivity contribution in [3.63, 3.8) is 0 Å². The molecule has 8 nitrogen and oxygen atoms in total. The number of anilines is 2. The zero-order valence-corrected chi connectivity index (χ0v) is 20.6. The smallest absolute Gasteiger partial charge is 0.255 e. The number of hydrogen-bond acceptors (Lipinski definition) is 6. The van der Waals surface area contributed by atoms with E-state index in [9.17, 15) is 4.79 Å². The van der Waals surface area contributed by atoms with E-state index >= 15 is 0 Å². The summed E-state index contributed by atoms with van der Waals surface area (Å²) in [6.07, 6.45) is 0. The summed E-state index contributed by atoms with van der Waals surface area (Å²) in [6, 6.07) is 22.3. The zero-order chi connectivity index (χ0) is 25.2. The Morgan fingerprint density at radius 2 is 1.72 bits per heavy atom. The van der Waals surface area contributed by atoms with Crippen molar-refractivity contribution >= 4 is 17.5 Å². The van der Waals surface area contributed by atoms with Gasteiger partial charge in [-0.15, -0.1) is 5.10 Å². The molecular formula is C28H27N5O3. The van der Waals surface area contributed by atoms with Crippen LogP contribution in [0.5, 0.6) is 11.5 Å². The van der Waals surface area contributed by atoms with Gasteiger partial charge in [-0.1, -0.05) is 48.0 Å². The van der Waals surface area contributed by atoms with Crippen molar-refractivity contribution in [3.05, 3.63) is 95.2 Å². The quantitative estimate of drug-likeness (QED) is 0.394. The molecule has 36 heavy (non-hydrogen) atoms. The van der Waals surface area contributed by atoms with Crippen LogP contribution in [0.25, 0.3) is 11.4 Å². The van der Waals surface area contributed by atoms with Crippen LogP contribution in [0.2, 0.25) is 0 Å². The number of hydrogen-bond donors (Lipinski definition) is 2. The number of fused-ring (bicyclic) bond motifs is 1. The Balaban J connectivity index is 1.65. The van der Waals surface area contributed by atoms with Crippen molar-refractivity contribution in [1.29, 1.82) is 0 Å². The Hall–Kier alpha value is -4.59. The molecule has 4 aromatic rings. The Morgan fingerprint density at radius 3 is 2.42 bits per heavy atom. The van der Waals surface area contributed by atoms with Gasteiger partial charge in [0.25, 0.3) is 5.91 Å². The number of rotatable bonds is 6. The van der Waals surface area contributed by atoms with E-state index in [1.165, 1.54) is 0 Å². The number of amides is 1. The van der Waals surface area contributed by atoms with Crippen LogP contribution in [-0.2, 0) is 4.79 Å². The summed E-state index contributed by atoms with van der Waals surface area (Å²) in [5.74, 6) is 2.10. The van der Waals surface area contributed by atoms with Crippen molar-refractivity contribution in [2.24, 2.45) is 0 Å². The van der Waals surface area contributed by atoms with Crippen LogP contribution in [0.4, 0.5) is 11.6 Å². The van der Waals surface area contributed by atoms with Crippen LogP contribution in [0.15, 0.2) is 84.1 Å². The van der Waals surface area contributed by atoms with E-state index in [-0.39, 0.29) is 5.91 Å². The largest absolute Gasteiger partial charge is 0.497 e. The van der Waals surface area contributed by atoms with E-state index in [1.807, 2.05) is 80.6 Å². The molecule has 1 atom stereocenters.